The number of urea groups is 1. The number of carbonyl (C=O) groups is 2. The van der Waals surface area contributed by atoms with Crippen LogP contribution >= 0.6 is 0 Å². The van der Waals surface area contributed by atoms with Crippen molar-refractivity contribution in [1.82, 2.24) is 10.2 Å². The number of piperidine rings is 1. The fraction of sp³-hybridized carbons (Fsp3) is 0.818. The Morgan fingerprint density at radius 1 is 1.31 bits per heavy atom. The lowest BCUT2D eigenvalue weighted by atomic mass is 9.98. The van der Waals surface area contributed by atoms with Crippen molar-refractivity contribution in [1.29, 1.82) is 0 Å². The molecule has 1 aliphatic heterocycles. The van der Waals surface area contributed by atoms with Crippen molar-refractivity contribution in [3.8, 4) is 0 Å². The third-order valence-corrected chi connectivity index (χ3v) is 3.14. The molecule has 0 aromatic carbocycles. The van der Waals surface area contributed by atoms with Crippen LogP contribution in [0, 0.1) is 0 Å². The Morgan fingerprint density at radius 2 is 1.81 bits per heavy atom. The molecule has 2 N–H and O–H groups in total. The fourth-order valence-electron chi connectivity index (χ4n) is 2.14. The Bertz CT molecular complexity index is 270. The van der Waals surface area contributed by atoms with Gasteiger partial charge in [-0.25, -0.2) is 4.79 Å². The topological polar surface area (TPSA) is 69.6 Å². The average Bonchev–Trinajstić information content (AvgIpc) is 2.16. The molecule has 1 rings (SSSR count). The van der Waals surface area contributed by atoms with E-state index in [1.165, 1.54) is 6.92 Å². The quantitative estimate of drug-likeness (QED) is 0.751. The third kappa shape index (κ3) is 2.87. The van der Waals surface area contributed by atoms with Gasteiger partial charge in [0.15, 0.2) is 0 Å². The number of carboxylic acids is 1. The molecule has 0 aromatic rings. The van der Waals surface area contributed by atoms with Gasteiger partial charge in [-0.15, -0.1) is 0 Å². The number of aliphatic carboxylic acids is 1. The molecular weight excluding hydrogens is 208 g/mol. The highest BCUT2D eigenvalue weighted by Gasteiger charge is 2.30. The highest BCUT2D eigenvalue weighted by atomic mass is 16.4. The van der Waals surface area contributed by atoms with Gasteiger partial charge in [-0.05, 0) is 40.0 Å². The summed E-state index contributed by atoms with van der Waals surface area (Å²) in [6, 6.07) is -0.738. The lowest BCUT2D eigenvalue weighted by Gasteiger charge is -2.39. The third-order valence-electron chi connectivity index (χ3n) is 3.14. The van der Waals surface area contributed by atoms with Crippen LogP contribution in [0.1, 0.15) is 40.0 Å². The van der Waals surface area contributed by atoms with Crippen molar-refractivity contribution in [2.45, 2.75) is 58.2 Å². The molecule has 0 aromatic heterocycles. The van der Waals surface area contributed by atoms with Crippen LogP contribution in [0.25, 0.3) is 0 Å². The molecule has 2 unspecified atom stereocenters. The minimum atomic E-state index is -1.01. The summed E-state index contributed by atoms with van der Waals surface area (Å²) in [5.74, 6) is -1.01. The second kappa shape index (κ2) is 5.18. The zero-order valence-corrected chi connectivity index (χ0v) is 10.1. The molecule has 1 fully saturated rings. The highest BCUT2D eigenvalue weighted by molar-refractivity contribution is 5.82. The van der Waals surface area contributed by atoms with Gasteiger partial charge in [0.25, 0.3) is 0 Å². The maximum Gasteiger partial charge on any atom is 0.325 e. The predicted octanol–water partition coefficient (Wildman–Crippen LogP) is 1.43. The van der Waals surface area contributed by atoms with Crippen LogP contribution in [0.5, 0.6) is 0 Å². The Morgan fingerprint density at radius 3 is 2.25 bits per heavy atom. The van der Waals surface area contributed by atoms with E-state index in [1.807, 2.05) is 13.8 Å². The molecule has 92 valence electrons. The van der Waals surface area contributed by atoms with Gasteiger partial charge >= 0.3 is 12.0 Å². The number of carboxylic acid groups (broad SMARTS) is 1. The minimum absolute atomic E-state index is 0.185. The maximum absolute atomic E-state index is 11.9. The molecule has 0 saturated carbocycles. The molecule has 5 nitrogen and oxygen atoms in total. The molecule has 0 bridgehead atoms. The Hall–Kier alpha value is -1.26. The van der Waals surface area contributed by atoms with Gasteiger partial charge in [-0.1, -0.05) is 0 Å². The molecule has 0 spiro atoms. The van der Waals surface area contributed by atoms with Gasteiger partial charge < -0.3 is 15.3 Å². The van der Waals surface area contributed by atoms with Crippen molar-refractivity contribution < 1.29 is 14.7 Å². The second-order valence-corrected chi connectivity index (χ2v) is 4.55. The van der Waals surface area contributed by atoms with Crippen LogP contribution in [0.2, 0.25) is 0 Å². The molecule has 1 heterocycles. The summed E-state index contributed by atoms with van der Waals surface area (Å²) in [5, 5.41) is 11.2. The van der Waals surface area contributed by atoms with Crippen molar-refractivity contribution in [2.75, 3.05) is 0 Å². The molecule has 1 aliphatic rings. The summed E-state index contributed by atoms with van der Waals surface area (Å²) in [4.78, 5) is 24.3. The zero-order valence-electron chi connectivity index (χ0n) is 10.1. The fourth-order valence-corrected chi connectivity index (χ4v) is 2.14. The van der Waals surface area contributed by atoms with E-state index in [0.717, 1.165) is 19.3 Å². The van der Waals surface area contributed by atoms with Gasteiger partial charge in [0.2, 0.25) is 0 Å². The van der Waals surface area contributed by atoms with Crippen LogP contribution in [-0.2, 0) is 4.79 Å². The minimum Gasteiger partial charge on any atom is -0.480 e. The first-order valence-electron chi connectivity index (χ1n) is 5.75. The van der Waals surface area contributed by atoms with Crippen LogP contribution in [0.4, 0.5) is 4.79 Å². The SMILES string of the molecule is CC1CCCC(C)N1C(=O)N[C@@H](C)C(=O)O. The number of likely N-dealkylation sites (tertiary alicyclic amines) is 1. The summed E-state index contributed by atoms with van der Waals surface area (Å²) in [5.41, 5.74) is 0. The van der Waals surface area contributed by atoms with E-state index in [1.54, 1.807) is 4.90 Å². The van der Waals surface area contributed by atoms with E-state index < -0.39 is 12.0 Å². The highest BCUT2D eigenvalue weighted by Crippen LogP contribution is 2.22. The van der Waals surface area contributed by atoms with Gasteiger partial charge in [0.1, 0.15) is 6.04 Å². The van der Waals surface area contributed by atoms with Crippen molar-refractivity contribution in [2.24, 2.45) is 0 Å². The Kier molecular flexibility index (Phi) is 4.15. The molecule has 0 aliphatic carbocycles. The van der Waals surface area contributed by atoms with Crippen LogP contribution in [0.3, 0.4) is 0 Å². The number of hydrogen-bond acceptors (Lipinski definition) is 2. The van der Waals surface area contributed by atoms with Crippen molar-refractivity contribution >= 4 is 12.0 Å². The Balaban J connectivity index is 2.60. The van der Waals surface area contributed by atoms with Crippen LogP contribution in [0.15, 0.2) is 0 Å². The lowest BCUT2D eigenvalue weighted by Crippen LogP contribution is -2.54. The Labute approximate surface area is 95.8 Å². The summed E-state index contributed by atoms with van der Waals surface area (Å²) < 4.78 is 0. The smallest absolute Gasteiger partial charge is 0.325 e. The molecule has 3 atom stereocenters. The summed E-state index contributed by atoms with van der Waals surface area (Å²) in [7, 11) is 0. The first kappa shape index (κ1) is 12.8. The maximum atomic E-state index is 11.9. The van der Waals surface area contributed by atoms with Crippen molar-refractivity contribution in [3.63, 3.8) is 0 Å². The van der Waals surface area contributed by atoms with E-state index in [-0.39, 0.29) is 18.1 Å². The van der Waals surface area contributed by atoms with Crippen molar-refractivity contribution in [3.05, 3.63) is 0 Å². The summed E-state index contributed by atoms with van der Waals surface area (Å²) >= 11 is 0. The number of rotatable bonds is 2. The number of carbonyl (C=O) groups excluding carboxylic acids is 1. The standard InChI is InChI=1S/C11H20N2O3/c1-7-5-4-6-8(2)13(7)11(16)12-9(3)10(14)15/h7-9H,4-6H2,1-3H3,(H,12,16)(H,14,15)/t7?,8?,9-/m0/s1. The first-order valence-corrected chi connectivity index (χ1v) is 5.75. The van der Waals surface area contributed by atoms with Crippen LogP contribution in [-0.4, -0.2) is 40.1 Å². The molecule has 16 heavy (non-hydrogen) atoms. The molecular formula is C11H20N2O3. The van der Waals surface area contributed by atoms with Gasteiger partial charge in [0.05, 0.1) is 0 Å². The predicted molar refractivity (Wildman–Crippen MR) is 60.2 cm³/mol. The summed E-state index contributed by atoms with van der Waals surface area (Å²) in [6.07, 6.45) is 3.10. The van der Waals surface area contributed by atoms with Gasteiger partial charge in [-0.3, -0.25) is 4.79 Å². The normalized spacial score (nSPS) is 27.3. The van der Waals surface area contributed by atoms with Gasteiger partial charge in [-0.2, -0.15) is 0 Å². The number of hydrogen-bond donors (Lipinski definition) is 2. The van der Waals surface area contributed by atoms with E-state index in [2.05, 4.69) is 5.32 Å². The number of nitrogens with one attached hydrogen (secondary N) is 1. The van der Waals surface area contributed by atoms with E-state index >= 15 is 0 Å². The zero-order chi connectivity index (χ0) is 12.3. The molecule has 5 heteroatoms. The summed E-state index contributed by atoms with van der Waals surface area (Å²) in [6.45, 7) is 5.47. The van der Waals surface area contributed by atoms with Gasteiger partial charge in [0, 0.05) is 12.1 Å². The lowest BCUT2D eigenvalue weighted by molar-refractivity contribution is -0.138. The average molecular weight is 228 g/mol. The monoisotopic (exact) mass is 228 g/mol. The molecule has 1 saturated heterocycles. The molecule has 0 radical (unpaired) electrons. The van der Waals surface area contributed by atoms with E-state index in [4.69, 9.17) is 5.11 Å². The second-order valence-electron chi connectivity index (χ2n) is 4.55. The molecule has 2 amide bonds. The van der Waals surface area contributed by atoms with E-state index in [0.29, 0.717) is 0 Å². The van der Waals surface area contributed by atoms with Crippen LogP contribution < -0.4 is 5.32 Å². The largest absolute Gasteiger partial charge is 0.480 e. The number of amides is 2. The van der Waals surface area contributed by atoms with E-state index in [9.17, 15) is 9.59 Å². The first-order chi connectivity index (χ1) is 7.43. The number of nitrogens with zero attached hydrogens (tertiary/aromatic N) is 1.